The van der Waals surface area contributed by atoms with Crippen molar-refractivity contribution in [3.05, 3.63) is 5.01 Å². The van der Waals surface area contributed by atoms with E-state index in [0.717, 1.165) is 37.0 Å². The zero-order chi connectivity index (χ0) is 13.5. The third-order valence-corrected chi connectivity index (χ3v) is 5.08. The molecule has 7 heteroatoms. The van der Waals surface area contributed by atoms with Gasteiger partial charge in [-0.25, -0.2) is 0 Å². The highest BCUT2D eigenvalue weighted by molar-refractivity contribution is 7.16. The van der Waals surface area contributed by atoms with Crippen LogP contribution in [0, 0.1) is 5.92 Å². The van der Waals surface area contributed by atoms with E-state index in [4.69, 9.17) is 5.73 Å². The second-order valence-electron chi connectivity index (χ2n) is 5.49. The van der Waals surface area contributed by atoms with Crippen molar-refractivity contribution in [3.8, 4) is 0 Å². The first-order valence-electron chi connectivity index (χ1n) is 6.69. The molecule has 1 saturated carbocycles. The van der Waals surface area contributed by atoms with Crippen molar-refractivity contribution in [2.45, 2.75) is 37.7 Å². The number of nitrogens with two attached hydrogens (primary N) is 1. The monoisotopic (exact) mass is 282 g/mol. The molecule has 1 aromatic rings. The van der Waals surface area contributed by atoms with Crippen LogP contribution >= 0.6 is 11.3 Å². The summed E-state index contributed by atoms with van der Waals surface area (Å²) >= 11 is 1.12. The Kier molecular flexibility index (Phi) is 3.18. The summed E-state index contributed by atoms with van der Waals surface area (Å²) in [5.41, 5.74) is 4.95. The number of carbonyl (C=O) groups is 1. The zero-order valence-corrected chi connectivity index (χ0v) is 11.5. The zero-order valence-electron chi connectivity index (χ0n) is 10.7. The Labute approximate surface area is 115 Å². The molecule has 2 heterocycles. The second kappa shape index (κ2) is 4.72. The van der Waals surface area contributed by atoms with Crippen molar-refractivity contribution in [2.75, 3.05) is 18.8 Å². The van der Waals surface area contributed by atoms with Crippen molar-refractivity contribution < 1.29 is 9.90 Å². The Bertz CT molecular complexity index is 492. The fourth-order valence-corrected chi connectivity index (χ4v) is 3.79. The van der Waals surface area contributed by atoms with Gasteiger partial charge in [0.2, 0.25) is 10.1 Å². The molecule has 104 valence electrons. The lowest BCUT2D eigenvalue weighted by atomic mass is 9.71. The molecule has 0 spiro atoms. The van der Waals surface area contributed by atoms with Crippen molar-refractivity contribution in [1.82, 2.24) is 15.1 Å². The van der Waals surface area contributed by atoms with E-state index in [1.54, 1.807) is 4.90 Å². The average Bonchev–Trinajstić information content (AvgIpc) is 2.83. The van der Waals surface area contributed by atoms with Crippen LogP contribution in [0.5, 0.6) is 0 Å². The van der Waals surface area contributed by atoms with Gasteiger partial charge in [-0.2, -0.15) is 0 Å². The SMILES string of the molecule is Nc1nnc(C(=O)N2CCC3(O)CCCCC3C2)s1. The van der Waals surface area contributed by atoms with Gasteiger partial charge in [-0.15, -0.1) is 10.2 Å². The van der Waals surface area contributed by atoms with Gasteiger partial charge in [-0.05, 0) is 19.3 Å². The lowest BCUT2D eigenvalue weighted by molar-refractivity contribution is -0.0886. The van der Waals surface area contributed by atoms with Gasteiger partial charge in [-0.1, -0.05) is 24.2 Å². The van der Waals surface area contributed by atoms with Crippen molar-refractivity contribution in [3.63, 3.8) is 0 Å². The largest absolute Gasteiger partial charge is 0.389 e. The van der Waals surface area contributed by atoms with Crippen LogP contribution in [-0.4, -0.2) is 44.8 Å². The van der Waals surface area contributed by atoms with E-state index in [1.165, 1.54) is 0 Å². The van der Waals surface area contributed by atoms with Gasteiger partial charge in [0, 0.05) is 19.0 Å². The molecular formula is C12H18N4O2S. The lowest BCUT2D eigenvalue weighted by Crippen LogP contribution is -2.54. The lowest BCUT2D eigenvalue weighted by Gasteiger charge is -2.47. The van der Waals surface area contributed by atoms with Crippen LogP contribution in [0.3, 0.4) is 0 Å². The Hall–Kier alpha value is -1.21. The van der Waals surface area contributed by atoms with Crippen molar-refractivity contribution in [1.29, 1.82) is 0 Å². The van der Waals surface area contributed by atoms with Gasteiger partial charge in [0.05, 0.1) is 5.60 Å². The number of carbonyl (C=O) groups excluding carboxylic acids is 1. The van der Waals surface area contributed by atoms with Crippen LogP contribution in [-0.2, 0) is 0 Å². The predicted molar refractivity (Wildman–Crippen MR) is 71.7 cm³/mol. The number of aromatic nitrogens is 2. The van der Waals surface area contributed by atoms with Crippen LogP contribution in [0.2, 0.25) is 0 Å². The summed E-state index contributed by atoms with van der Waals surface area (Å²) < 4.78 is 0. The summed E-state index contributed by atoms with van der Waals surface area (Å²) in [5, 5.41) is 18.7. The highest BCUT2D eigenvalue weighted by Gasteiger charge is 2.44. The van der Waals surface area contributed by atoms with Gasteiger partial charge in [0.1, 0.15) is 0 Å². The van der Waals surface area contributed by atoms with E-state index < -0.39 is 5.60 Å². The molecule has 19 heavy (non-hydrogen) atoms. The summed E-state index contributed by atoms with van der Waals surface area (Å²) in [5.74, 6) is 0.0889. The Morgan fingerprint density at radius 3 is 3.00 bits per heavy atom. The summed E-state index contributed by atoms with van der Waals surface area (Å²) in [6, 6.07) is 0. The molecule has 1 aliphatic carbocycles. The molecule has 2 aliphatic rings. The summed E-state index contributed by atoms with van der Waals surface area (Å²) in [6.07, 6.45) is 4.76. The van der Waals surface area contributed by atoms with E-state index in [-0.39, 0.29) is 11.8 Å². The van der Waals surface area contributed by atoms with Gasteiger partial charge < -0.3 is 15.7 Å². The Morgan fingerprint density at radius 1 is 1.42 bits per heavy atom. The van der Waals surface area contributed by atoms with E-state index >= 15 is 0 Å². The van der Waals surface area contributed by atoms with Crippen molar-refractivity contribution >= 4 is 22.4 Å². The van der Waals surface area contributed by atoms with Gasteiger partial charge in [0.25, 0.3) is 5.91 Å². The average molecular weight is 282 g/mol. The first-order valence-corrected chi connectivity index (χ1v) is 7.51. The van der Waals surface area contributed by atoms with E-state index in [1.807, 2.05) is 0 Å². The molecule has 1 aromatic heterocycles. The van der Waals surface area contributed by atoms with Crippen LogP contribution in [0.15, 0.2) is 0 Å². The minimum Gasteiger partial charge on any atom is -0.389 e. The minimum absolute atomic E-state index is 0.109. The molecule has 2 fully saturated rings. The highest BCUT2D eigenvalue weighted by Crippen LogP contribution is 2.40. The normalized spacial score (nSPS) is 31.0. The smallest absolute Gasteiger partial charge is 0.284 e. The van der Waals surface area contributed by atoms with E-state index in [9.17, 15) is 9.90 Å². The van der Waals surface area contributed by atoms with Crippen LogP contribution in [0.1, 0.15) is 41.9 Å². The number of likely N-dealkylation sites (tertiary alicyclic amines) is 1. The number of fused-ring (bicyclic) bond motifs is 1. The molecule has 3 N–H and O–H groups in total. The van der Waals surface area contributed by atoms with Gasteiger partial charge in [-0.3, -0.25) is 4.79 Å². The molecule has 3 rings (SSSR count). The molecular weight excluding hydrogens is 264 g/mol. The Balaban J connectivity index is 1.72. The topological polar surface area (TPSA) is 92.3 Å². The maximum atomic E-state index is 12.3. The minimum atomic E-state index is -0.560. The third kappa shape index (κ3) is 2.32. The first kappa shape index (κ1) is 12.8. The fourth-order valence-electron chi connectivity index (χ4n) is 3.21. The predicted octanol–water partition coefficient (Wildman–Crippen LogP) is 0.887. The quantitative estimate of drug-likeness (QED) is 0.798. The molecule has 1 saturated heterocycles. The number of anilines is 1. The van der Waals surface area contributed by atoms with Crippen LogP contribution in [0.4, 0.5) is 5.13 Å². The molecule has 0 bridgehead atoms. The van der Waals surface area contributed by atoms with Crippen molar-refractivity contribution in [2.24, 2.45) is 5.92 Å². The molecule has 6 nitrogen and oxygen atoms in total. The third-order valence-electron chi connectivity index (χ3n) is 4.34. The number of piperidine rings is 1. The maximum absolute atomic E-state index is 12.3. The number of hydrogen-bond acceptors (Lipinski definition) is 6. The molecule has 0 radical (unpaired) electrons. The molecule has 2 unspecified atom stereocenters. The van der Waals surface area contributed by atoms with Gasteiger partial charge in [0.15, 0.2) is 0 Å². The first-order chi connectivity index (χ1) is 9.08. The number of aliphatic hydroxyl groups is 1. The summed E-state index contributed by atoms with van der Waals surface area (Å²) in [6.45, 7) is 1.21. The number of nitrogen functional groups attached to an aromatic ring is 1. The molecule has 1 amide bonds. The number of hydrogen-bond donors (Lipinski definition) is 2. The van der Waals surface area contributed by atoms with Gasteiger partial charge >= 0.3 is 0 Å². The van der Waals surface area contributed by atoms with Crippen LogP contribution in [0.25, 0.3) is 0 Å². The summed E-state index contributed by atoms with van der Waals surface area (Å²) in [4.78, 5) is 14.1. The molecule has 1 aliphatic heterocycles. The Morgan fingerprint density at radius 2 is 2.26 bits per heavy atom. The van der Waals surface area contributed by atoms with E-state index in [0.29, 0.717) is 29.6 Å². The standard InChI is InChI=1S/C12H18N4O2S/c13-11-15-14-9(19-11)10(17)16-6-5-12(18)4-2-1-3-8(12)7-16/h8,18H,1-7H2,(H2,13,15). The number of rotatable bonds is 1. The van der Waals surface area contributed by atoms with Crippen LogP contribution < -0.4 is 5.73 Å². The maximum Gasteiger partial charge on any atom is 0.284 e. The fraction of sp³-hybridized carbons (Fsp3) is 0.750. The highest BCUT2D eigenvalue weighted by atomic mass is 32.1. The molecule has 0 aromatic carbocycles. The second-order valence-corrected chi connectivity index (χ2v) is 6.50. The summed E-state index contributed by atoms with van der Waals surface area (Å²) in [7, 11) is 0. The number of amides is 1. The number of nitrogens with zero attached hydrogens (tertiary/aromatic N) is 3. The van der Waals surface area contributed by atoms with E-state index in [2.05, 4.69) is 10.2 Å². The molecule has 2 atom stereocenters.